The molecule has 6 nitrogen and oxygen atoms in total. The highest BCUT2D eigenvalue weighted by Crippen LogP contribution is 2.24. The number of aryl methyl sites for hydroxylation is 2. The summed E-state index contributed by atoms with van der Waals surface area (Å²) >= 11 is 1.52. The van der Waals surface area contributed by atoms with E-state index in [0.29, 0.717) is 13.1 Å². The van der Waals surface area contributed by atoms with Crippen LogP contribution in [-0.4, -0.2) is 58.9 Å². The molecule has 0 aromatic carbocycles. The van der Waals surface area contributed by atoms with Crippen LogP contribution < -0.4 is 5.32 Å². The molecule has 0 bridgehead atoms. The molecule has 2 saturated heterocycles. The van der Waals surface area contributed by atoms with Gasteiger partial charge in [-0.05, 0) is 32.6 Å². The van der Waals surface area contributed by atoms with Crippen molar-refractivity contribution in [2.24, 2.45) is 0 Å². The van der Waals surface area contributed by atoms with Gasteiger partial charge in [-0.3, -0.25) is 4.79 Å². The minimum absolute atomic E-state index is 0.00324. The van der Waals surface area contributed by atoms with E-state index in [1.165, 1.54) is 11.3 Å². The van der Waals surface area contributed by atoms with Crippen LogP contribution in [0.5, 0.6) is 0 Å². The van der Waals surface area contributed by atoms with Gasteiger partial charge in [-0.1, -0.05) is 6.92 Å². The van der Waals surface area contributed by atoms with Crippen LogP contribution in [0.2, 0.25) is 0 Å². The molecule has 3 rings (SSSR count). The van der Waals surface area contributed by atoms with Gasteiger partial charge in [0.25, 0.3) is 5.91 Å². The zero-order valence-corrected chi connectivity index (χ0v) is 14.6. The highest BCUT2D eigenvalue weighted by atomic mass is 32.1. The smallest absolute Gasteiger partial charge is 0.317 e. The SMILES string of the molecule is CCCc1nc(C)c(C(=O)N2CCC[C@H](N3CCNC3=O)C2)s1. The van der Waals surface area contributed by atoms with Crippen LogP contribution in [0.25, 0.3) is 0 Å². The van der Waals surface area contributed by atoms with E-state index in [0.717, 1.165) is 54.4 Å². The summed E-state index contributed by atoms with van der Waals surface area (Å²) in [6, 6.07) is 0.141. The Morgan fingerprint density at radius 1 is 1.43 bits per heavy atom. The van der Waals surface area contributed by atoms with Crippen LogP contribution >= 0.6 is 11.3 Å². The van der Waals surface area contributed by atoms with E-state index in [1.54, 1.807) is 0 Å². The molecule has 23 heavy (non-hydrogen) atoms. The minimum atomic E-state index is 0.00324. The van der Waals surface area contributed by atoms with E-state index in [4.69, 9.17) is 0 Å². The second-order valence-corrected chi connectivity index (χ2v) is 7.33. The van der Waals surface area contributed by atoms with Gasteiger partial charge in [-0.25, -0.2) is 9.78 Å². The quantitative estimate of drug-likeness (QED) is 0.915. The van der Waals surface area contributed by atoms with E-state index in [-0.39, 0.29) is 18.0 Å². The highest BCUT2D eigenvalue weighted by molar-refractivity contribution is 7.13. The van der Waals surface area contributed by atoms with Crippen molar-refractivity contribution in [3.63, 3.8) is 0 Å². The molecule has 1 N–H and O–H groups in total. The Balaban J connectivity index is 1.70. The monoisotopic (exact) mass is 336 g/mol. The summed E-state index contributed by atoms with van der Waals surface area (Å²) in [6.07, 6.45) is 3.88. The first-order valence-corrected chi connectivity index (χ1v) is 9.22. The Morgan fingerprint density at radius 3 is 2.96 bits per heavy atom. The normalized spacial score (nSPS) is 21.7. The average Bonchev–Trinajstić information content (AvgIpc) is 3.13. The number of carbonyl (C=O) groups is 2. The minimum Gasteiger partial charge on any atom is -0.336 e. The lowest BCUT2D eigenvalue weighted by atomic mass is 10.0. The largest absolute Gasteiger partial charge is 0.336 e. The Hall–Kier alpha value is -1.63. The molecule has 2 fully saturated rings. The number of piperidine rings is 1. The molecule has 0 saturated carbocycles. The third-order valence-corrected chi connectivity index (χ3v) is 5.72. The van der Waals surface area contributed by atoms with Crippen molar-refractivity contribution < 1.29 is 9.59 Å². The lowest BCUT2D eigenvalue weighted by Gasteiger charge is -2.36. The second-order valence-electron chi connectivity index (χ2n) is 6.24. The van der Waals surface area contributed by atoms with Crippen molar-refractivity contribution in [3.05, 3.63) is 15.6 Å². The Kier molecular flexibility index (Phi) is 4.84. The molecular formula is C16H24N4O2S. The first kappa shape index (κ1) is 16.2. The van der Waals surface area contributed by atoms with Crippen molar-refractivity contribution in [1.82, 2.24) is 20.1 Å². The maximum absolute atomic E-state index is 12.9. The lowest BCUT2D eigenvalue weighted by Crippen LogP contribution is -2.50. The summed E-state index contributed by atoms with van der Waals surface area (Å²) in [4.78, 5) is 33.8. The number of carbonyl (C=O) groups excluding carboxylic acids is 2. The Morgan fingerprint density at radius 2 is 2.26 bits per heavy atom. The van der Waals surface area contributed by atoms with Crippen molar-refractivity contribution in [3.8, 4) is 0 Å². The summed E-state index contributed by atoms with van der Waals surface area (Å²) in [5, 5.41) is 3.89. The zero-order chi connectivity index (χ0) is 16.4. The summed E-state index contributed by atoms with van der Waals surface area (Å²) in [6.45, 7) is 6.88. The summed E-state index contributed by atoms with van der Waals surface area (Å²) in [5.74, 6) is 0.0756. The van der Waals surface area contributed by atoms with Crippen molar-refractivity contribution in [2.45, 2.75) is 45.6 Å². The average molecular weight is 336 g/mol. The number of hydrogen-bond donors (Lipinski definition) is 1. The van der Waals surface area contributed by atoms with Gasteiger partial charge in [-0.2, -0.15) is 0 Å². The standard InChI is InChI=1S/C16H24N4O2S/c1-3-5-13-18-11(2)14(23-13)15(21)19-8-4-6-12(10-19)20-9-7-17-16(20)22/h12H,3-10H2,1-2H3,(H,17,22)/t12-/m0/s1. The fraction of sp³-hybridized carbons (Fsp3) is 0.688. The third-order valence-electron chi connectivity index (χ3n) is 4.51. The fourth-order valence-electron chi connectivity index (χ4n) is 3.34. The van der Waals surface area contributed by atoms with Crippen LogP contribution in [-0.2, 0) is 6.42 Å². The molecule has 1 aromatic rings. The molecule has 3 heterocycles. The number of amides is 3. The maximum atomic E-state index is 12.9. The van der Waals surface area contributed by atoms with Gasteiger partial charge in [0.2, 0.25) is 0 Å². The number of urea groups is 1. The second kappa shape index (κ2) is 6.86. The Bertz CT molecular complexity index is 601. The van der Waals surface area contributed by atoms with E-state index >= 15 is 0 Å². The van der Waals surface area contributed by atoms with E-state index in [2.05, 4.69) is 17.2 Å². The topological polar surface area (TPSA) is 65.5 Å². The van der Waals surface area contributed by atoms with E-state index in [1.807, 2.05) is 16.7 Å². The van der Waals surface area contributed by atoms with Crippen LogP contribution in [0.3, 0.4) is 0 Å². The third kappa shape index (κ3) is 3.34. The van der Waals surface area contributed by atoms with Gasteiger partial charge in [0.15, 0.2) is 0 Å². The maximum Gasteiger partial charge on any atom is 0.317 e. The molecule has 0 spiro atoms. The molecule has 7 heteroatoms. The number of nitrogens with zero attached hydrogens (tertiary/aromatic N) is 3. The summed E-state index contributed by atoms with van der Waals surface area (Å²) in [5.41, 5.74) is 0.837. The molecule has 0 radical (unpaired) electrons. The van der Waals surface area contributed by atoms with Crippen molar-refractivity contribution in [2.75, 3.05) is 26.2 Å². The molecule has 0 unspecified atom stereocenters. The van der Waals surface area contributed by atoms with Crippen LogP contribution in [0, 0.1) is 6.92 Å². The molecule has 126 valence electrons. The number of nitrogens with one attached hydrogen (secondary N) is 1. The highest BCUT2D eigenvalue weighted by Gasteiger charge is 2.33. The molecule has 1 atom stereocenters. The Labute approximate surface area is 140 Å². The van der Waals surface area contributed by atoms with Gasteiger partial charge < -0.3 is 15.1 Å². The fourth-order valence-corrected chi connectivity index (χ4v) is 4.48. The van der Waals surface area contributed by atoms with Gasteiger partial charge in [-0.15, -0.1) is 11.3 Å². The molecule has 3 amide bonds. The molecule has 1 aromatic heterocycles. The summed E-state index contributed by atoms with van der Waals surface area (Å²) < 4.78 is 0. The van der Waals surface area contributed by atoms with E-state index in [9.17, 15) is 9.59 Å². The molecule has 2 aliphatic rings. The van der Waals surface area contributed by atoms with Crippen LogP contribution in [0.15, 0.2) is 0 Å². The lowest BCUT2D eigenvalue weighted by molar-refractivity contribution is 0.0638. The van der Waals surface area contributed by atoms with Gasteiger partial charge >= 0.3 is 6.03 Å². The molecule has 0 aliphatic carbocycles. The number of likely N-dealkylation sites (tertiary alicyclic amines) is 1. The number of thiazole rings is 1. The number of rotatable bonds is 4. The molecular weight excluding hydrogens is 312 g/mol. The summed E-state index contributed by atoms with van der Waals surface area (Å²) in [7, 11) is 0. The van der Waals surface area contributed by atoms with Gasteiger partial charge in [0.05, 0.1) is 16.7 Å². The van der Waals surface area contributed by atoms with E-state index < -0.39 is 0 Å². The van der Waals surface area contributed by atoms with Gasteiger partial charge in [0.1, 0.15) is 4.88 Å². The first-order valence-electron chi connectivity index (χ1n) is 8.40. The predicted octanol–water partition coefficient (Wildman–Crippen LogP) is 2.03. The zero-order valence-electron chi connectivity index (χ0n) is 13.8. The van der Waals surface area contributed by atoms with Crippen LogP contribution in [0.1, 0.15) is 46.6 Å². The first-order chi connectivity index (χ1) is 11.1. The van der Waals surface area contributed by atoms with Crippen molar-refractivity contribution in [1.29, 1.82) is 0 Å². The van der Waals surface area contributed by atoms with Crippen molar-refractivity contribution >= 4 is 23.3 Å². The van der Waals surface area contributed by atoms with Crippen LogP contribution in [0.4, 0.5) is 4.79 Å². The predicted molar refractivity (Wildman–Crippen MR) is 89.9 cm³/mol. The molecule has 2 aliphatic heterocycles. The number of aromatic nitrogens is 1. The number of hydrogen-bond acceptors (Lipinski definition) is 4. The van der Waals surface area contributed by atoms with Gasteiger partial charge in [0, 0.05) is 26.2 Å².